The third-order valence-electron chi connectivity index (χ3n) is 2.53. The van der Waals surface area contributed by atoms with Crippen LogP contribution in [0.5, 0.6) is 0 Å². The molecule has 7 nitrogen and oxygen atoms in total. The minimum absolute atomic E-state index is 0.0647. The molecule has 2 rings (SSSR count). The quantitative estimate of drug-likeness (QED) is 0.440. The van der Waals surface area contributed by atoms with Gasteiger partial charge in [0.1, 0.15) is 0 Å². The molecule has 0 bridgehead atoms. The van der Waals surface area contributed by atoms with Crippen molar-refractivity contribution in [3.63, 3.8) is 0 Å². The molecular formula is C10H19N5O2S. The van der Waals surface area contributed by atoms with Gasteiger partial charge in [-0.1, -0.05) is 11.8 Å². The van der Waals surface area contributed by atoms with E-state index < -0.39 is 0 Å². The molecule has 0 spiro atoms. The lowest BCUT2D eigenvalue weighted by Crippen LogP contribution is -2.22. The number of ether oxygens (including phenoxy) is 1. The van der Waals surface area contributed by atoms with E-state index in [4.69, 9.17) is 9.84 Å². The number of thioether (sulfide) groups is 1. The monoisotopic (exact) mass is 273 g/mol. The van der Waals surface area contributed by atoms with Crippen LogP contribution in [0.15, 0.2) is 5.16 Å². The Morgan fingerprint density at radius 1 is 1.44 bits per heavy atom. The lowest BCUT2D eigenvalue weighted by Gasteiger charge is -2.05. The van der Waals surface area contributed by atoms with Crippen molar-refractivity contribution in [2.24, 2.45) is 0 Å². The average molecular weight is 273 g/mol. The standard InChI is InChI=1S/C10H19N5O2S/c16-5-6-17-7-8-18-10-12-13-14-15(10)4-3-11-9-1-2-9/h9,11,16H,1-8H2. The van der Waals surface area contributed by atoms with E-state index in [2.05, 4.69) is 20.8 Å². The lowest BCUT2D eigenvalue weighted by atomic mass is 10.6. The van der Waals surface area contributed by atoms with E-state index in [9.17, 15) is 0 Å². The molecule has 102 valence electrons. The summed E-state index contributed by atoms with van der Waals surface area (Å²) >= 11 is 1.57. The van der Waals surface area contributed by atoms with Crippen LogP contribution in [0.2, 0.25) is 0 Å². The molecule has 0 aromatic carbocycles. The number of rotatable bonds is 10. The topological polar surface area (TPSA) is 85.1 Å². The number of aliphatic hydroxyl groups excluding tert-OH is 1. The molecule has 18 heavy (non-hydrogen) atoms. The van der Waals surface area contributed by atoms with Crippen molar-refractivity contribution in [3.8, 4) is 0 Å². The van der Waals surface area contributed by atoms with E-state index in [1.165, 1.54) is 12.8 Å². The number of nitrogens with one attached hydrogen (secondary N) is 1. The third-order valence-corrected chi connectivity index (χ3v) is 3.45. The van der Waals surface area contributed by atoms with Gasteiger partial charge in [-0.05, 0) is 23.3 Å². The summed E-state index contributed by atoms with van der Waals surface area (Å²) in [5.41, 5.74) is 0. The summed E-state index contributed by atoms with van der Waals surface area (Å²) in [4.78, 5) is 0. The summed E-state index contributed by atoms with van der Waals surface area (Å²) in [7, 11) is 0. The van der Waals surface area contributed by atoms with E-state index in [-0.39, 0.29) is 6.61 Å². The molecule has 2 N–H and O–H groups in total. The maximum Gasteiger partial charge on any atom is 0.209 e. The lowest BCUT2D eigenvalue weighted by molar-refractivity contribution is 0.103. The number of hydrogen-bond acceptors (Lipinski definition) is 7. The van der Waals surface area contributed by atoms with Crippen molar-refractivity contribution in [1.29, 1.82) is 0 Å². The smallest absolute Gasteiger partial charge is 0.209 e. The molecule has 0 saturated heterocycles. The van der Waals surface area contributed by atoms with Crippen molar-refractivity contribution in [3.05, 3.63) is 0 Å². The fourth-order valence-corrected chi connectivity index (χ4v) is 2.22. The number of aliphatic hydroxyl groups is 1. The van der Waals surface area contributed by atoms with Crippen LogP contribution in [-0.4, -0.2) is 63.5 Å². The first-order chi connectivity index (χ1) is 8.90. The zero-order valence-electron chi connectivity index (χ0n) is 10.3. The van der Waals surface area contributed by atoms with Crippen LogP contribution >= 0.6 is 11.8 Å². The second-order valence-electron chi connectivity index (χ2n) is 4.10. The molecule has 1 aromatic heterocycles. The molecule has 1 aliphatic rings. The first kappa shape index (κ1) is 13.7. The second-order valence-corrected chi connectivity index (χ2v) is 5.16. The van der Waals surface area contributed by atoms with Crippen LogP contribution in [0.4, 0.5) is 0 Å². The van der Waals surface area contributed by atoms with E-state index >= 15 is 0 Å². The molecule has 1 aliphatic carbocycles. The second kappa shape index (κ2) is 7.67. The predicted molar refractivity (Wildman–Crippen MR) is 67.5 cm³/mol. The van der Waals surface area contributed by atoms with Gasteiger partial charge >= 0.3 is 0 Å². The van der Waals surface area contributed by atoms with E-state index in [0.717, 1.165) is 24.0 Å². The number of tetrazole rings is 1. The first-order valence-corrected chi connectivity index (χ1v) is 7.19. The van der Waals surface area contributed by atoms with Crippen LogP contribution in [0.25, 0.3) is 0 Å². The number of aromatic nitrogens is 4. The Morgan fingerprint density at radius 2 is 2.33 bits per heavy atom. The summed E-state index contributed by atoms with van der Waals surface area (Å²) in [5.74, 6) is 0.788. The molecule has 1 aromatic rings. The molecule has 1 fully saturated rings. The molecular weight excluding hydrogens is 254 g/mol. The third kappa shape index (κ3) is 4.89. The van der Waals surface area contributed by atoms with Gasteiger partial charge in [-0.25, -0.2) is 4.68 Å². The maximum absolute atomic E-state index is 8.57. The Morgan fingerprint density at radius 3 is 3.11 bits per heavy atom. The predicted octanol–water partition coefficient (Wildman–Crippen LogP) is -0.474. The minimum Gasteiger partial charge on any atom is -0.394 e. The highest BCUT2D eigenvalue weighted by Gasteiger charge is 2.19. The van der Waals surface area contributed by atoms with E-state index in [0.29, 0.717) is 19.3 Å². The molecule has 8 heteroatoms. The van der Waals surface area contributed by atoms with Gasteiger partial charge in [-0.15, -0.1) is 5.10 Å². The Hall–Kier alpha value is -0.700. The van der Waals surface area contributed by atoms with Gasteiger partial charge in [-0.3, -0.25) is 0 Å². The van der Waals surface area contributed by atoms with E-state index in [1.807, 2.05) is 4.68 Å². The van der Waals surface area contributed by atoms with Crippen LogP contribution in [-0.2, 0) is 11.3 Å². The summed E-state index contributed by atoms with van der Waals surface area (Å²) in [5, 5.41) is 24.4. The Bertz CT molecular complexity index is 345. The molecule has 0 amide bonds. The molecule has 0 aliphatic heterocycles. The summed E-state index contributed by atoms with van der Waals surface area (Å²) < 4.78 is 6.99. The molecule has 1 heterocycles. The molecule has 0 radical (unpaired) electrons. The van der Waals surface area contributed by atoms with Crippen LogP contribution in [0, 0.1) is 0 Å². The highest BCUT2D eigenvalue weighted by atomic mass is 32.2. The van der Waals surface area contributed by atoms with Gasteiger partial charge in [0.05, 0.1) is 26.4 Å². The highest BCUT2D eigenvalue weighted by molar-refractivity contribution is 7.99. The largest absolute Gasteiger partial charge is 0.394 e. The number of nitrogens with zero attached hydrogens (tertiary/aromatic N) is 4. The van der Waals surface area contributed by atoms with Crippen molar-refractivity contribution in [2.75, 3.05) is 32.1 Å². The summed E-state index contributed by atoms with van der Waals surface area (Å²) in [6, 6.07) is 0.712. The van der Waals surface area contributed by atoms with Crippen molar-refractivity contribution < 1.29 is 9.84 Å². The number of hydrogen-bond donors (Lipinski definition) is 2. The van der Waals surface area contributed by atoms with E-state index in [1.54, 1.807) is 11.8 Å². The Balaban J connectivity index is 1.62. The van der Waals surface area contributed by atoms with Crippen LogP contribution in [0.1, 0.15) is 12.8 Å². The van der Waals surface area contributed by atoms with Crippen molar-refractivity contribution >= 4 is 11.8 Å². The van der Waals surface area contributed by atoms with Crippen molar-refractivity contribution in [2.45, 2.75) is 30.6 Å². The summed E-state index contributed by atoms with van der Waals surface area (Å²) in [6.45, 7) is 2.75. The van der Waals surface area contributed by atoms with Gasteiger partial charge in [0, 0.05) is 18.3 Å². The molecule has 0 unspecified atom stereocenters. The van der Waals surface area contributed by atoms with Crippen LogP contribution in [0.3, 0.4) is 0 Å². The molecule has 0 atom stereocenters. The van der Waals surface area contributed by atoms with Crippen molar-refractivity contribution in [1.82, 2.24) is 25.5 Å². The average Bonchev–Trinajstić information content (AvgIpc) is 3.09. The minimum atomic E-state index is 0.0647. The van der Waals surface area contributed by atoms with Gasteiger partial charge in [0.15, 0.2) is 0 Å². The van der Waals surface area contributed by atoms with Crippen LogP contribution < -0.4 is 5.32 Å². The van der Waals surface area contributed by atoms with Gasteiger partial charge in [-0.2, -0.15) is 0 Å². The Kier molecular flexibility index (Phi) is 5.85. The Labute approximate surface area is 110 Å². The normalized spacial score (nSPS) is 15.2. The maximum atomic E-state index is 8.57. The zero-order valence-corrected chi connectivity index (χ0v) is 11.1. The fraction of sp³-hybridized carbons (Fsp3) is 0.900. The molecule has 1 saturated carbocycles. The van der Waals surface area contributed by atoms with Gasteiger partial charge in [0.2, 0.25) is 5.16 Å². The SMILES string of the molecule is OCCOCCSc1nnnn1CCNC1CC1. The highest BCUT2D eigenvalue weighted by Crippen LogP contribution is 2.18. The fourth-order valence-electron chi connectivity index (χ4n) is 1.46. The summed E-state index contributed by atoms with van der Waals surface area (Å²) in [6.07, 6.45) is 2.58. The first-order valence-electron chi connectivity index (χ1n) is 6.21. The van der Waals surface area contributed by atoms with Gasteiger partial charge in [0.25, 0.3) is 0 Å². The zero-order chi connectivity index (χ0) is 12.6. The van der Waals surface area contributed by atoms with Gasteiger partial charge < -0.3 is 15.2 Å².